The molecule has 0 unspecified atom stereocenters. The van der Waals surface area contributed by atoms with Crippen LogP contribution in [0.3, 0.4) is 0 Å². The van der Waals surface area contributed by atoms with Crippen LogP contribution < -0.4 is 0 Å². The van der Waals surface area contributed by atoms with Gasteiger partial charge in [0.2, 0.25) is 0 Å². The fourth-order valence-electron chi connectivity index (χ4n) is 2.29. The van der Waals surface area contributed by atoms with Crippen LogP contribution in [0.5, 0.6) is 0 Å². The molecule has 3 aromatic rings. The van der Waals surface area contributed by atoms with Crippen LogP contribution in [0.4, 0.5) is 0 Å². The van der Waals surface area contributed by atoms with E-state index < -0.39 is 0 Å². The van der Waals surface area contributed by atoms with Gasteiger partial charge in [-0.05, 0) is 31.5 Å². The van der Waals surface area contributed by atoms with E-state index in [1.807, 2.05) is 25.4 Å². The smallest absolute Gasteiger partial charge is 0.0975 e. The SMILES string of the molecule is Cc1ncc2c3ncccc3n(C)c2c1C. The lowest BCUT2D eigenvalue weighted by Crippen LogP contribution is -1.93. The molecular weight excluding hydrogens is 198 g/mol. The van der Waals surface area contributed by atoms with Crippen molar-refractivity contribution in [2.45, 2.75) is 13.8 Å². The Labute approximate surface area is 93.7 Å². The van der Waals surface area contributed by atoms with Gasteiger partial charge in [0.15, 0.2) is 0 Å². The number of rotatable bonds is 0. The van der Waals surface area contributed by atoms with Crippen molar-refractivity contribution >= 4 is 21.9 Å². The average molecular weight is 211 g/mol. The lowest BCUT2D eigenvalue weighted by atomic mass is 10.1. The summed E-state index contributed by atoms with van der Waals surface area (Å²) in [5, 5.41) is 1.14. The molecule has 0 saturated heterocycles. The van der Waals surface area contributed by atoms with Gasteiger partial charge in [-0.3, -0.25) is 9.97 Å². The number of pyridine rings is 2. The Morgan fingerprint density at radius 2 is 2.00 bits per heavy atom. The fourth-order valence-corrected chi connectivity index (χ4v) is 2.29. The van der Waals surface area contributed by atoms with E-state index in [2.05, 4.69) is 34.6 Å². The highest BCUT2D eigenvalue weighted by molar-refractivity contribution is 6.06. The third-order valence-corrected chi connectivity index (χ3v) is 3.28. The lowest BCUT2D eigenvalue weighted by molar-refractivity contribution is 0.998. The third-order valence-electron chi connectivity index (χ3n) is 3.28. The molecule has 0 radical (unpaired) electrons. The van der Waals surface area contributed by atoms with Crippen molar-refractivity contribution in [2.24, 2.45) is 7.05 Å². The normalized spacial score (nSPS) is 11.4. The van der Waals surface area contributed by atoms with Gasteiger partial charge in [-0.25, -0.2) is 0 Å². The number of hydrogen-bond acceptors (Lipinski definition) is 2. The maximum absolute atomic E-state index is 4.44. The molecule has 0 N–H and O–H groups in total. The summed E-state index contributed by atoms with van der Waals surface area (Å²) in [6.07, 6.45) is 3.75. The average Bonchev–Trinajstić information content (AvgIpc) is 2.59. The first kappa shape index (κ1) is 9.33. The molecule has 3 nitrogen and oxygen atoms in total. The molecule has 16 heavy (non-hydrogen) atoms. The zero-order valence-corrected chi connectivity index (χ0v) is 9.65. The minimum absolute atomic E-state index is 1.04. The molecule has 0 atom stereocenters. The van der Waals surface area contributed by atoms with E-state index in [1.165, 1.54) is 11.1 Å². The maximum atomic E-state index is 4.44. The number of fused-ring (bicyclic) bond motifs is 3. The van der Waals surface area contributed by atoms with Crippen LogP contribution in [0.15, 0.2) is 24.5 Å². The van der Waals surface area contributed by atoms with Crippen LogP contribution in [0.25, 0.3) is 21.9 Å². The minimum atomic E-state index is 1.04. The minimum Gasteiger partial charge on any atom is -0.342 e. The molecule has 0 spiro atoms. The van der Waals surface area contributed by atoms with E-state index in [-0.39, 0.29) is 0 Å². The zero-order valence-electron chi connectivity index (χ0n) is 9.65. The van der Waals surface area contributed by atoms with Gasteiger partial charge in [-0.15, -0.1) is 0 Å². The quantitative estimate of drug-likeness (QED) is 0.572. The molecule has 0 saturated carbocycles. The van der Waals surface area contributed by atoms with Gasteiger partial charge in [0.25, 0.3) is 0 Å². The lowest BCUT2D eigenvalue weighted by Gasteiger charge is -2.03. The Morgan fingerprint density at radius 1 is 1.19 bits per heavy atom. The summed E-state index contributed by atoms with van der Waals surface area (Å²) < 4.78 is 2.20. The predicted octanol–water partition coefficient (Wildman–Crippen LogP) is 2.74. The van der Waals surface area contributed by atoms with Gasteiger partial charge >= 0.3 is 0 Å². The summed E-state index contributed by atoms with van der Waals surface area (Å²) in [5.74, 6) is 0. The van der Waals surface area contributed by atoms with Gasteiger partial charge in [-0.2, -0.15) is 0 Å². The molecule has 0 aliphatic carbocycles. The zero-order chi connectivity index (χ0) is 11.3. The van der Waals surface area contributed by atoms with Crippen LogP contribution in [-0.4, -0.2) is 14.5 Å². The molecule has 0 amide bonds. The van der Waals surface area contributed by atoms with Crippen molar-refractivity contribution < 1.29 is 0 Å². The standard InChI is InChI=1S/C13H13N3/c1-8-9(2)15-7-10-12-11(5-4-6-14-12)16(3)13(8)10/h4-7H,1-3H3. The summed E-state index contributed by atoms with van der Waals surface area (Å²) in [6.45, 7) is 4.16. The van der Waals surface area contributed by atoms with Gasteiger partial charge in [0.05, 0.1) is 16.6 Å². The topological polar surface area (TPSA) is 30.7 Å². The predicted molar refractivity (Wildman–Crippen MR) is 65.5 cm³/mol. The van der Waals surface area contributed by atoms with E-state index >= 15 is 0 Å². The molecule has 3 heterocycles. The third kappa shape index (κ3) is 1.03. The summed E-state index contributed by atoms with van der Waals surface area (Å²) in [7, 11) is 2.08. The van der Waals surface area contributed by atoms with Crippen LogP contribution in [0.1, 0.15) is 11.3 Å². The van der Waals surface area contributed by atoms with Crippen molar-refractivity contribution in [1.82, 2.24) is 14.5 Å². The van der Waals surface area contributed by atoms with Gasteiger partial charge < -0.3 is 4.57 Å². The Kier molecular flexibility index (Phi) is 1.78. The van der Waals surface area contributed by atoms with Gasteiger partial charge in [0, 0.05) is 30.5 Å². The van der Waals surface area contributed by atoms with E-state index in [0.29, 0.717) is 0 Å². The van der Waals surface area contributed by atoms with Gasteiger partial charge in [-0.1, -0.05) is 0 Å². The van der Waals surface area contributed by atoms with Crippen molar-refractivity contribution in [3.8, 4) is 0 Å². The van der Waals surface area contributed by atoms with Crippen LogP contribution in [-0.2, 0) is 7.05 Å². The monoisotopic (exact) mass is 211 g/mol. The summed E-state index contributed by atoms with van der Waals surface area (Å²) in [4.78, 5) is 8.86. The van der Waals surface area contributed by atoms with Crippen molar-refractivity contribution in [3.63, 3.8) is 0 Å². The Morgan fingerprint density at radius 3 is 2.81 bits per heavy atom. The van der Waals surface area contributed by atoms with Crippen LogP contribution >= 0.6 is 0 Å². The fraction of sp³-hybridized carbons (Fsp3) is 0.231. The second kappa shape index (κ2) is 3.04. The second-order valence-corrected chi connectivity index (χ2v) is 4.16. The Balaban J connectivity index is 2.67. The van der Waals surface area contributed by atoms with Crippen LogP contribution in [0.2, 0.25) is 0 Å². The van der Waals surface area contributed by atoms with E-state index in [9.17, 15) is 0 Å². The van der Waals surface area contributed by atoms with Gasteiger partial charge in [0.1, 0.15) is 0 Å². The molecule has 80 valence electrons. The van der Waals surface area contributed by atoms with E-state index in [4.69, 9.17) is 0 Å². The number of aromatic nitrogens is 3. The summed E-state index contributed by atoms with van der Waals surface area (Å²) in [6, 6.07) is 4.06. The highest BCUT2D eigenvalue weighted by Crippen LogP contribution is 2.28. The molecule has 3 heteroatoms. The number of aryl methyl sites for hydroxylation is 3. The molecule has 0 fully saturated rings. The largest absolute Gasteiger partial charge is 0.342 e. The molecular formula is C13H13N3. The molecule has 3 aromatic heterocycles. The van der Waals surface area contributed by atoms with Crippen LogP contribution in [0, 0.1) is 13.8 Å². The molecule has 0 aliphatic rings. The molecule has 0 bridgehead atoms. The Hall–Kier alpha value is -1.90. The first-order valence-corrected chi connectivity index (χ1v) is 5.35. The van der Waals surface area contributed by atoms with E-state index in [1.54, 1.807) is 0 Å². The van der Waals surface area contributed by atoms with Crippen molar-refractivity contribution in [1.29, 1.82) is 0 Å². The molecule has 3 rings (SSSR count). The van der Waals surface area contributed by atoms with Crippen molar-refractivity contribution in [3.05, 3.63) is 35.8 Å². The number of nitrogens with zero attached hydrogens (tertiary/aromatic N) is 3. The summed E-state index contributed by atoms with van der Waals surface area (Å²) in [5.41, 5.74) is 5.75. The highest BCUT2D eigenvalue weighted by atomic mass is 15.0. The summed E-state index contributed by atoms with van der Waals surface area (Å²) >= 11 is 0. The highest BCUT2D eigenvalue weighted by Gasteiger charge is 2.12. The molecule has 0 aromatic carbocycles. The van der Waals surface area contributed by atoms with Crippen molar-refractivity contribution in [2.75, 3.05) is 0 Å². The second-order valence-electron chi connectivity index (χ2n) is 4.16. The number of hydrogen-bond donors (Lipinski definition) is 0. The maximum Gasteiger partial charge on any atom is 0.0975 e. The first-order chi connectivity index (χ1) is 7.70. The van der Waals surface area contributed by atoms with E-state index in [0.717, 1.165) is 22.1 Å². The molecule has 0 aliphatic heterocycles. The first-order valence-electron chi connectivity index (χ1n) is 5.35. The Bertz CT molecular complexity index is 695.